The molecule has 2 aliphatic rings. The number of carbonyl (C=O) groups is 3. The Bertz CT molecular complexity index is 749. The van der Waals surface area contributed by atoms with E-state index in [0.29, 0.717) is 38.6 Å². The number of H-pyrrole nitrogens is 1. The minimum atomic E-state index is -0.466. The van der Waals surface area contributed by atoms with Gasteiger partial charge in [-0.3, -0.25) is 14.4 Å². The van der Waals surface area contributed by atoms with E-state index in [-0.39, 0.29) is 41.0 Å². The van der Waals surface area contributed by atoms with Crippen LogP contribution in [0.15, 0.2) is 17.2 Å². The standard InChI is InChI=1S/C18H24N4O5/c1-27-18(26)14-3-2-8-22(14)17(25)11-4-6-12(7-5-11)21-16(24)13-9-20-15(23)10-19-13/h9-12,14H,2-8H2,1H3,(H,20,23)(H,21,24). The van der Waals surface area contributed by atoms with Crippen LogP contribution in [0.4, 0.5) is 0 Å². The van der Waals surface area contributed by atoms with Gasteiger partial charge in [0, 0.05) is 24.7 Å². The number of nitrogens with one attached hydrogen (secondary N) is 2. The van der Waals surface area contributed by atoms with E-state index in [1.165, 1.54) is 13.3 Å². The Morgan fingerprint density at radius 1 is 1.22 bits per heavy atom. The Morgan fingerprint density at radius 2 is 1.96 bits per heavy atom. The first kappa shape index (κ1) is 19.1. The maximum absolute atomic E-state index is 12.8. The molecule has 27 heavy (non-hydrogen) atoms. The maximum Gasteiger partial charge on any atom is 0.328 e. The molecule has 1 atom stereocenters. The van der Waals surface area contributed by atoms with Crippen molar-refractivity contribution in [3.63, 3.8) is 0 Å². The fraction of sp³-hybridized carbons (Fsp3) is 0.611. The zero-order valence-electron chi connectivity index (χ0n) is 15.3. The molecule has 2 N–H and O–H groups in total. The van der Waals surface area contributed by atoms with Crippen molar-refractivity contribution in [3.05, 3.63) is 28.4 Å². The fourth-order valence-corrected chi connectivity index (χ4v) is 3.86. The van der Waals surface area contributed by atoms with E-state index in [4.69, 9.17) is 4.74 Å². The lowest BCUT2D eigenvalue weighted by atomic mass is 9.85. The van der Waals surface area contributed by atoms with Crippen LogP contribution in [0.5, 0.6) is 0 Å². The second-order valence-corrected chi connectivity index (χ2v) is 7.03. The molecule has 0 aromatic carbocycles. The molecule has 1 aromatic heterocycles. The van der Waals surface area contributed by atoms with Crippen LogP contribution >= 0.6 is 0 Å². The van der Waals surface area contributed by atoms with Gasteiger partial charge in [-0.05, 0) is 38.5 Å². The number of hydrogen-bond donors (Lipinski definition) is 2. The molecule has 2 fully saturated rings. The average molecular weight is 376 g/mol. The zero-order valence-corrected chi connectivity index (χ0v) is 15.3. The Morgan fingerprint density at radius 3 is 2.59 bits per heavy atom. The normalized spacial score (nSPS) is 25.1. The van der Waals surface area contributed by atoms with Gasteiger partial charge in [-0.25, -0.2) is 9.78 Å². The monoisotopic (exact) mass is 376 g/mol. The molecule has 146 valence electrons. The molecule has 1 saturated heterocycles. The first-order chi connectivity index (χ1) is 13.0. The van der Waals surface area contributed by atoms with Gasteiger partial charge >= 0.3 is 5.97 Å². The molecule has 9 heteroatoms. The highest BCUT2D eigenvalue weighted by Gasteiger charge is 2.38. The van der Waals surface area contributed by atoms with E-state index in [2.05, 4.69) is 15.3 Å². The first-order valence-corrected chi connectivity index (χ1v) is 9.23. The van der Waals surface area contributed by atoms with Crippen molar-refractivity contribution < 1.29 is 19.1 Å². The van der Waals surface area contributed by atoms with E-state index in [0.717, 1.165) is 12.6 Å². The van der Waals surface area contributed by atoms with Crippen molar-refractivity contribution in [2.75, 3.05) is 13.7 Å². The topological polar surface area (TPSA) is 121 Å². The first-order valence-electron chi connectivity index (χ1n) is 9.23. The van der Waals surface area contributed by atoms with Crippen molar-refractivity contribution in [2.24, 2.45) is 5.92 Å². The van der Waals surface area contributed by atoms with Crippen LogP contribution < -0.4 is 10.9 Å². The molecule has 1 aromatic rings. The summed E-state index contributed by atoms with van der Waals surface area (Å²) < 4.78 is 4.80. The Balaban J connectivity index is 1.51. The predicted molar refractivity (Wildman–Crippen MR) is 94.8 cm³/mol. The highest BCUT2D eigenvalue weighted by Crippen LogP contribution is 2.29. The van der Waals surface area contributed by atoms with Crippen LogP contribution in [0.1, 0.15) is 49.0 Å². The van der Waals surface area contributed by atoms with E-state index in [1.807, 2.05) is 0 Å². The van der Waals surface area contributed by atoms with Gasteiger partial charge in [-0.15, -0.1) is 0 Å². The fourth-order valence-electron chi connectivity index (χ4n) is 3.86. The average Bonchev–Trinajstić information content (AvgIpc) is 3.17. The summed E-state index contributed by atoms with van der Waals surface area (Å²) in [6, 6.07) is -0.503. The van der Waals surface area contributed by atoms with Gasteiger partial charge in [0.25, 0.3) is 11.5 Å². The van der Waals surface area contributed by atoms with Crippen LogP contribution in [0.2, 0.25) is 0 Å². The second kappa shape index (κ2) is 8.32. The van der Waals surface area contributed by atoms with Gasteiger partial charge in [0.05, 0.1) is 13.3 Å². The number of esters is 1. The van der Waals surface area contributed by atoms with Crippen LogP contribution in [0, 0.1) is 5.92 Å². The van der Waals surface area contributed by atoms with Crippen molar-refractivity contribution in [3.8, 4) is 0 Å². The van der Waals surface area contributed by atoms with Crippen molar-refractivity contribution in [2.45, 2.75) is 50.6 Å². The zero-order chi connectivity index (χ0) is 19.4. The predicted octanol–water partition coefficient (Wildman–Crippen LogP) is 0.223. The molecule has 1 aliphatic carbocycles. The summed E-state index contributed by atoms with van der Waals surface area (Å²) >= 11 is 0. The minimum Gasteiger partial charge on any atom is -0.467 e. The number of carbonyl (C=O) groups excluding carboxylic acids is 3. The van der Waals surface area contributed by atoms with Crippen LogP contribution in [-0.2, 0) is 14.3 Å². The number of rotatable bonds is 4. The summed E-state index contributed by atoms with van der Waals surface area (Å²) in [6.45, 7) is 0.590. The number of amides is 2. The van der Waals surface area contributed by atoms with Gasteiger partial charge in [0.15, 0.2) is 0 Å². The second-order valence-electron chi connectivity index (χ2n) is 7.03. The van der Waals surface area contributed by atoms with Crippen molar-refractivity contribution >= 4 is 17.8 Å². The molecule has 9 nitrogen and oxygen atoms in total. The number of nitrogens with zero attached hydrogens (tertiary/aromatic N) is 2. The summed E-state index contributed by atoms with van der Waals surface area (Å²) in [4.78, 5) is 55.7. The summed E-state index contributed by atoms with van der Waals surface area (Å²) in [7, 11) is 1.34. The van der Waals surface area contributed by atoms with Gasteiger partial charge in [-0.1, -0.05) is 0 Å². The lowest BCUT2D eigenvalue weighted by Crippen LogP contribution is -2.46. The van der Waals surface area contributed by atoms with Crippen LogP contribution in [-0.4, -0.2) is 58.4 Å². The van der Waals surface area contributed by atoms with Crippen LogP contribution in [0.3, 0.4) is 0 Å². The quantitative estimate of drug-likeness (QED) is 0.725. The minimum absolute atomic E-state index is 0.00924. The molecular weight excluding hydrogens is 352 g/mol. The van der Waals surface area contributed by atoms with E-state index >= 15 is 0 Å². The number of hydrogen-bond acceptors (Lipinski definition) is 6. The molecule has 2 heterocycles. The van der Waals surface area contributed by atoms with Gasteiger partial charge in [0.1, 0.15) is 11.7 Å². The van der Waals surface area contributed by atoms with E-state index in [1.54, 1.807) is 4.90 Å². The highest BCUT2D eigenvalue weighted by molar-refractivity contribution is 5.92. The number of aromatic amines is 1. The molecular formula is C18H24N4O5. The molecule has 2 amide bonds. The molecule has 1 aliphatic heterocycles. The van der Waals surface area contributed by atoms with E-state index in [9.17, 15) is 19.2 Å². The van der Waals surface area contributed by atoms with Crippen molar-refractivity contribution in [1.29, 1.82) is 0 Å². The Kier molecular flexibility index (Phi) is 5.88. The number of ether oxygens (including phenoxy) is 1. The molecule has 3 rings (SSSR count). The third kappa shape index (κ3) is 4.35. The largest absolute Gasteiger partial charge is 0.467 e. The molecule has 0 bridgehead atoms. The summed E-state index contributed by atoms with van der Waals surface area (Å²) in [5.74, 6) is -0.814. The third-order valence-corrected chi connectivity index (χ3v) is 5.33. The lowest BCUT2D eigenvalue weighted by Gasteiger charge is -2.32. The number of methoxy groups -OCH3 is 1. The molecule has 0 spiro atoms. The number of aromatic nitrogens is 2. The summed E-state index contributed by atoms with van der Waals surface area (Å²) in [5.41, 5.74) is -0.205. The van der Waals surface area contributed by atoms with Gasteiger partial charge < -0.3 is 19.9 Å². The highest BCUT2D eigenvalue weighted by atomic mass is 16.5. The summed E-state index contributed by atoms with van der Waals surface area (Å²) in [6.07, 6.45) is 6.50. The molecule has 0 radical (unpaired) electrons. The van der Waals surface area contributed by atoms with Gasteiger partial charge in [0.2, 0.25) is 5.91 Å². The SMILES string of the molecule is COC(=O)C1CCCN1C(=O)C1CCC(NC(=O)c2c[nH]c(=O)cn2)CC1. The lowest BCUT2D eigenvalue weighted by molar-refractivity contribution is -0.152. The third-order valence-electron chi connectivity index (χ3n) is 5.33. The Hall–Kier alpha value is -2.71. The Labute approximate surface area is 156 Å². The smallest absolute Gasteiger partial charge is 0.328 e. The maximum atomic E-state index is 12.8. The molecule has 1 saturated carbocycles. The van der Waals surface area contributed by atoms with Crippen molar-refractivity contribution in [1.82, 2.24) is 20.2 Å². The van der Waals surface area contributed by atoms with E-state index < -0.39 is 6.04 Å². The molecule has 1 unspecified atom stereocenters. The summed E-state index contributed by atoms with van der Waals surface area (Å²) in [5, 5.41) is 2.90. The van der Waals surface area contributed by atoms with Crippen LogP contribution in [0.25, 0.3) is 0 Å². The van der Waals surface area contributed by atoms with Gasteiger partial charge in [-0.2, -0.15) is 0 Å². The number of likely N-dealkylation sites (tertiary alicyclic amines) is 1.